The van der Waals surface area contributed by atoms with Crippen LogP contribution in [0.2, 0.25) is 0 Å². The highest BCUT2D eigenvalue weighted by molar-refractivity contribution is 5.83. The third-order valence-corrected chi connectivity index (χ3v) is 6.57. The summed E-state index contributed by atoms with van der Waals surface area (Å²) in [7, 11) is 0. The first-order valence-electron chi connectivity index (χ1n) is 11.5. The number of rotatable bonds is 9. The van der Waals surface area contributed by atoms with Crippen molar-refractivity contribution in [2.45, 2.75) is 38.6 Å². The largest absolute Gasteiger partial charge is 0.481 e. The number of nitrogens with one attached hydrogen (secondary N) is 1. The average molecular weight is 451 g/mol. The molecule has 2 aromatic carbocycles. The molecule has 0 spiro atoms. The van der Waals surface area contributed by atoms with Crippen LogP contribution >= 0.6 is 0 Å². The molecular formula is C26H30N2O5. The van der Waals surface area contributed by atoms with Crippen molar-refractivity contribution in [2.24, 2.45) is 11.8 Å². The number of nitrogens with zero attached hydrogens (tertiary/aromatic N) is 1. The molecule has 0 aromatic heterocycles. The van der Waals surface area contributed by atoms with Crippen LogP contribution in [0.3, 0.4) is 0 Å². The summed E-state index contributed by atoms with van der Waals surface area (Å²) in [6.45, 7) is 4.59. The molecule has 0 bridgehead atoms. The van der Waals surface area contributed by atoms with Gasteiger partial charge >= 0.3 is 12.1 Å². The maximum absolute atomic E-state index is 12.7. The van der Waals surface area contributed by atoms with E-state index in [0.29, 0.717) is 13.0 Å². The highest BCUT2D eigenvalue weighted by Gasteiger charge is 2.45. The molecule has 7 heteroatoms. The van der Waals surface area contributed by atoms with E-state index < -0.39 is 12.1 Å². The Bertz CT molecular complexity index is 1000. The van der Waals surface area contributed by atoms with Crippen molar-refractivity contribution in [3.8, 4) is 11.1 Å². The van der Waals surface area contributed by atoms with E-state index in [4.69, 9.17) is 9.84 Å². The number of ether oxygens (including phenoxy) is 1. The molecule has 4 rings (SSSR count). The van der Waals surface area contributed by atoms with E-state index in [1.54, 1.807) is 4.90 Å². The number of hydrogen-bond acceptors (Lipinski definition) is 4. The molecule has 1 saturated carbocycles. The monoisotopic (exact) mass is 450 g/mol. The first-order chi connectivity index (χ1) is 15.9. The van der Waals surface area contributed by atoms with Gasteiger partial charge in [0.1, 0.15) is 6.61 Å². The highest BCUT2D eigenvalue weighted by Crippen LogP contribution is 2.44. The third kappa shape index (κ3) is 5.02. The minimum Gasteiger partial charge on any atom is -0.481 e. The fraction of sp³-hybridized carbons (Fsp3) is 0.423. The Balaban J connectivity index is 1.27. The summed E-state index contributed by atoms with van der Waals surface area (Å²) in [4.78, 5) is 37.6. The van der Waals surface area contributed by atoms with E-state index in [0.717, 1.165) is 11.1 Å². The molecule has 0 radical (unpaired) electrons. The van der Waals surface area contributed by atoms with Crippen LogP contribution in [0.15, 0.2) is 48.5 Å². The Morgan fingerprint density at radius 3 is 2.24 bits per heavy atom. The Morgan fingerprint density at radius 2 is 1.67 bits per heavy atom. The van der Waals surface area contributed by atoms with Gasteiger partial charge in [0.25, 0.3) is 0 Å². The van der Waals surface area contributed by atoms with E-state index in [2.05, 4.69) is 29.6 Å². The van der Waals surface area contributed by atoms with Gasteiger partial charge in [-0.05, 0) is 48.4 Å². The molecule has 0 unspecified atom stereocenters. The van der Waals surface area contributed by atoms with E-state index in [9.17, 15) is 14.4 Å². The molecule has 0 aliphatic heterocycles. The summed E-state index contributed by atoms with van der Waals surface area (Å²) >= 11 is 0. The van der Waals surface area contributed by atoms with Crippen LogP contribution in [0.4, 0.5) is 4.79 Å². The van der Waals surface area contributed by atoms with Gasteiger partial charge in [-0.15, -0.1) is 0 Å². The predicted molar refractivity (Wildman–Crippen MR) is 124 cm³/mol. The van der Waals surface area contributed by atoms with Gasteiger partial charge in [-0.3, -0.25) is 9.59 Å². The Morgan fingerprint density at radius 1 is 1.06 bits per heavy atom. The number of aliphatic carboxylic acids is 1. The summed E-state index contributed by atoms with van der Waals surface area (Å²) in [5.41, 5.74) is 4.68. The Kier molecular flexibility index (Phi) is 6.67. The molecule has 7 nitrogen and oxygen atoms in total. The second-order valence-corrected chi connectivity index (χ2v) is 9.08. The fourth-order valence-electron chi connectivity index (χ4n) is 4.69. The number of benzene rings is 2. The van der Waals surface area contributed by atoms with Crippen LogP contribution in [0.1, 0.15) is 43.7 Å². The number of carboxylic acids is 1. The standard InChI is InChI=1S/C26H30N2O5/c1-16(2)28(12-11-24(29)30)25(31)22-13-17(22)14-27-26(32)33-15-23-20-9-5-3-7-18(20)19-8-4-6-10-21(19)23/h3-10,16-17,22-23H,11-15H2,1-2H3,(H,27,32)(H,29,30)/t17-,22-/m1/s1. The van der Waals surface area contributed by atoms with Crippen molar-refractivity contribution in [3.05, 3.63) is 59.7 Å². The molecule has 2 aromatic rings. The minimum atomic E-state index is -0.919. The first-order valence-corrected chi connectivity index (χ1v) is 11.5. The van der Waals surface area contributed by atoms with Crippen molar-refractivity contribution >= 4 is 18.0 Å². The molecule has 2 amide bonds. The number of alkyl carbamates (subject to hydrolysis) is 1. The van der Waals surface area contributed by atoms with Gasteiger partial charge in [-0.2, -0.15) is 0 Å². The van der Waals surface area contributed by atoms with E-state index in [1.807, 2.05) is 38.1 Å². The lowest BCUT2D eigenvalue weighted by Crippen LogP contribution is -2.40. The van der Waals surface area contributed by atoms with Crippen LogP contribution in [0, 0.1) is 11.8 Å². The van der Waals surface area contributed by atoms with Crippen molar-refractivity contribution in [1.82, 2.24) is 10.2 Å². The second-order valence-electron chi connectivity index (χ2n) is 9.08. The molecule has 33 heavy (non-hydrogen) atoms. The maximum Gasteiger partial charge on any atom is 0.407 e. The van der Waals surface area contributed by atoms with Crippen molar-refractivity contribution in [2.75, 3.05) is 19.7 Å². The van der Waals surface area contributed by atoms with E-state index in [-0.39, 0.29) is 49.3 Å². The molecule has 0 saturated heterocycles. The van der Waals surface area contributed by atoms with Crippen LogP contribution < -0.4 is 5.32 Å². The number of fused-ring (bicyclic) bond motifs is 3. The summed E-state index contributed by atoms with van der Waals surface area (Å²) in [5.74, 6) is -1.06. The van der Waals surface area contributed by atoms with Gasteiger partial charge in [0.2, 0.25) is 5.91 Å². The smallest absolute Gasteiger partial charge is 0.407 e. The predicted octanol–water partition coefficient (Wildman–Crippen LogP) is 3.87. The van der Waals surface area contributed by atoms with Crippen molar-refractivity contribution in [1.29, 1.82) is 0 Å². The zero-order chi connectivity index (χ0) is 23.5. The molecule has 1 fully saturated rings. The number of carbonyl (C=O) groups is 3. The number of hydrogen-bond donors (Lipinski definition) is 2. The lowest BCUT2D eigenvalue weighted by atomic mass is 9.98. The van der Waals surface area contributed by atoms with Crippen molar-refractivity contribution in [3.63, 3.8) is 0 Å². The normalized spacial score (nSPS) is 18.4. The first kappa shape index (κ1) is 22.8. The van der Waals surface area contributed by atoms with Gasteiger partial charge in [0.05, 0.1) is 6.42 Å². The molecule has 0 heterocycles. The number of amides is 2. The molecule has 2 atom stereocenters. The Labute approximate surface area is 193 Å². The molecular weight excluding hydrogens is 420 g/mol. The van der Waals surface area contributed by atoms with E-state index >= 15 is 0 Å². The molecule has 2 aliphatic rings. The molecule has 2 aliphatic carbocycles. The van der Waals surface area contributed by atoms with Gasteiger partial charge < -0.3 is 20.1 Å². The van der Waals surface area contributed by atoms with Crippen LogP contribution in [0.5, 0.6) is 0 Å². The summed E-state index contributed by atoms with van der Waals surface area (Å²) in [6, 6.07) is 16.3. The number of carbonyl (C=O) groups excluding carboxylic acids is 2. The second kappa shape index (κ2) is 9.65. The van der Waals surface area contributed by atoms with Gasteiger partial charge in [0, 0.05) is 31.0 Å². The van der Waals surface area contributed by atoms with Crippen LogP contribution in [-0.4, -0.2) is 53.7 Å². The topological polar surface area (TPSA) is 95.9 Å². The average Bonchev–Trinajstić information content (AvgIpc) is 3.51. The summed E-state index contributed by atoms with van der Waals surface area (Å²) < 4.78 is 5.55. The molecule has 2 N–H and O–H groups in total. The summed E-state index contributed by atoms with van der Waals surface area (Å²) in [6.07, 6.45) is 0.138. The van der Waals surface area contributed by atoms with Gasteiger partial charge in [-0.25, -0.2) is 4.79 Å². The van der Waals surface area contributed by atoms with Crippen molar-refractivity contribution < 1.29 is 24.2 Å². The maximum atomic E-state index is 12.7. The zero-order valence-corrected chi connectivity index (χ0v) is 19.0. The van der Waals surface area contributed by atoms with Gasteiger partial charge in [0.15, 0.2) is 0 Å². The lowest BCUT2D eigenvalue weighted by Gasteiger charge is -2.26. The quantitative estimate of drug-likeness (QED) is 0.605. The highest BCUT2D eigenvalue weighted by atomic mass is 16.5. The van der Waals surface area contributed by atoms with E-state index in [1.165, 1.54) is 11.1 Å². The Hall–Kier alpha value is -3.35. The van der Waals surface area contributed by atoms with Crippen LogP contribution in [-0.2, 0) is 14.3 Å². The number of carboxylic acid groups (broad SMARTS) is 1. The minimum absolute atomic E-state index is 0.00670. The summed E-state index contributed by atoms with van der Waals surface area (Å²) in [5, 5.41) is 11.7. The SMILES string of the molecule is CC(C)N(CCC(=O)O)C(=O)[C@@H]1C[C@@H]1CNC(=O)OCC1c2ccccc2-c2ccccc21. The zero-order valence-electron chi connectivity index (χ0n) is 19.0. The van der Waals surface area contributed by atoms with Crippen LogP contribution in [0.25, 0.3) is 11.1 Å². The molecule has 174 valence electrons. The van der Waals surface area contributed by atoms with Gasteiger partial charge in [-0.1, -0.05) is 48.5 Å². The fourth-order valence-corrected chi connectivity index (χ4v) is 4.69. The third-order valence-electron chi connectivity index (χ3n) is 6.57. The lowest BCUT2D eigenvalue weighted by molar-refractivity contribution is -0.139.